The summed E-state index contributed by atoms with van der Waals surface area (Å²) < 4.78 is 18.0. The van der Waals surface area contributed by atoms with E-state index in [4.69, 9.17) is 25.5 Å². The number of hydrogen-bond acceptors (Lipinski definition) is 5. The predicted molar refractivity (Wildman–Crippen MR) is 131 cm³/mol. The average Bonchev–Trinajstić information content (AvgIpc) is 3.44. The molecule has 0 amide bonds. The number of allylic oxidation sites excluding steroid dienone is 1. The molecule has 4 aromatic rings. The third kappa shape index (κ3) is 5.15. The topological polar surface area (TPSA) is 86.5 Å². The van der Waals surface area contributed by atoms with Gasteiger partial charge in [-0.05, 0) is 73.5 Å². The van der Waals surface area contributed by atoms with E-state index in [0.717, 1.165) is 5.56 Å². The van der Waals surface area contributed by atoms with Crippen molar-refractivity contribution in [2.75, 3.05) is 13.2 Å². The molecule has 2 aromatic carbocycles. The van der Waals surface area contributed by atoms with Crippen LogP contribution in [0.3, 0.4) is 0 Å². The fourth-order valence-electron chi connectivity index (χ4n) is 3.42. The first kappa shape index (κ1) is 23.2. The highest BCUT2D eigenvalue weighted by Crippen LogP contribution is 2.29. The molecule has 0 unspecified atom stereocenters. The van der Waals surface area contributed by atoms with Crippen molar-refractivity contribution >= 4 is 23.5 Å². The third-order valence-electron chi connectivity index (χ3n) is 4.96. The Morgan fingerprint density at radius 2 is 1.85 bits per heavy atom. The van der Waals surface area contributed by atoms with E-state index in [1.165, 1.54) is 10.6 Å². The number of carbonyl (C=O) groups excluding carboxylic acids is 1. The lowest BCUT2D eigenvalue weighted by Gasteiger charge is -2.11. The summed E-state index contributed by atoms with van der Waals surface area (Å²) in [7, 11) is 0. The van der Waals surface area contributed by atoms with Gasteiger partial charge >= 0.3 is 5.69 Å². The van der Waals surface area contributed by atoms with Gasteiger partial charge in [-0.3, -0.25) is 9.36 Å². The number of hydrogen-bond donors (Lipinski definition) is 1. The van der Waals surface area contributed by atoms with Gasteiger partial charge in [0.25, 0.3) is 0 Å². The van der Waals surface area contributed by atoms with Gasteiger partial charge in [-0.15, -0.1) is 0 Å². The fourth-order valence-corrected chi connectivity index (χ4v) is 3.57. The van der Waals surface area contributed by atoms with Gasteiger partial charge in [0.05, 0.1) is 18.9 Å². The number of aromatic nitrogens is 2. The van der Waals surface area contributed by atoms with Crippen molar-refractivity contribution in [3.63, 3.8) is 0 Å². The molecule has 0 bridgehead atoms. The quantitative estimate of drug-likeness (QED) is 0.243. The number of halogens is 1. The molecule has 0 atom stereocenters. The summed E-state index contributed by atoms with van der Waals surface area (Å²) in [5, 5.41) is 0.226. The molecule has 174 valence electrons. The number of nitrogens with one attached hydrogen (secondary N) is 1. The van der Waals surface area contributed by atoms with Crippen LogP contribution in [0.25, 0.3) is 23.2 Å². The Balaban J connectivity index is 1.56. The van der Waals surface area contributed by atoms with Crippen LogP contribution in [0.2, 0.25) is 5.22 Å². The summed E-state index contributed by atoms with van der Waals surface area (Å²) in [4.78, 5) is 28.0. The van der Waals surface area contributed by atoms with Crippen LogP contribution >= 0.6 is 11.6 Å². The molecule has 2 aromatic heterocycles. The summed E-state index contributed by atoms with van der Waals surface area (Å²) >= 11 is 5.83. The Labute approximate surface area is 201 Å². The van der Waals surface area contributed by atoms with Crippen molar-refractivity contribution in [2.45, 2.75) is 13.8 Å². The normalized spacial score (nSPS) is 11.1. The Morgan fingerprint density at radius 3 is 2.59 bits per heavy atom. The third-order valence-corrected chi connectivity index (χ3v) is 5.16. The van der Waals surface area contributed by atoms with Gasteiger partial charge in [-0.25, -0.2) is 4.79 Å². The minimum atomic E-state index is -0.361. The second-order valence-corrected chi connectivity index (χ2v) is 7.64. The smallest absolute Gasteiger partial charge is 0.330 e. The van der Waals surface area contributed by atoms with Gasteiger partial charge in [0.15, 0.2) is 28.3 Å². The lowest BCUT2D eigenvalue weighted by Crippen LogP contribution is -2.14. The number of furan rings is 1. The summed E-state index contributed by atoms with van der Waals surface area (Å²) in [5.41, 5.74) is 1.92. The van der Waals surface area contributed by atoms with Gasteiger partial charge in [0.1, 0.15) is 5.69 Å². The van der Waals surface area contributed by atoms with Gasteiger partial charge < -0.3 is 18.9 Å². The fraction of sp³-hybridized carbons (Fsp3) is 0.154. The number of rotatable bonds is 9. The van der Waals surface area contributed by atoms with Gasteiger partial charge in [-0.1, -0.05) is 24.3 Å². The number of carbonyl (C=O) groups is 1. The predicted octanol–water partition coefficient (Wildman–Crippen LogP) is 5.77. The SMILES string of the molecule is CCOc1ccc(C=CC(=O)c2cccc(-n3cc(-c4ccc(Cl)o4)[nH]c3=O)c2)cc1OCC. The Hall–Kier alpha value is -3.97. The maximum atomic E-state index is 12.8. The lowest BCUT2D eigenvalue weighted by atomic mass is 10.1. The van der Waals surface area contributed by atoms with Crippen molar-refractivity contribution in [2.24, 2.45) is 0 Å². The highest BCUT2D eigenvalue weighted by Gasteiger charge is 2.12. The van der Waals surface area contributed by atoms with E-state index >= 15 is 0 Å². The second kappa shape index (κ2) is 10.3. The van der Waals surface area contributed by atoms with E-state index in [1.807, 2.05) is 32.0 Å². The number of benzene rings is 2. The molecule has 0 fully saturated rings. The van der Waals surface area contributed by atoms with E-state index in [9.17, 15) is 9.59 Å². The monoisotopic (exact) mass is 478 g/mol. The molecule has 0 saturated heterocycles. The van der Waals surface area contributed by atoms with Crippen LogP contribution in [0.1, 0.15) is 29.8 Å². The first-order valence-corrected chi connectivity index (χ1v) is 11.2. The molecule has 1 N–H and O–H groups in total. The molecule has 8 heteroatoms. The lowest BCUT2D eigenvalue weighted by molar-refractivity contribution is 0.104. The molecule has 0 saturated carbocycles. The van der Waals surface area contributed by atoms with E-state index in [0.29, 0.717) is 47.4 Å². The highest BCUT2D eigenvalue weighted by molar-refractivity contribution is 6.29. The van der Waals surface area contributed by atoms with E-state index < -0.39 is 0 Å². The van der Waals surface area contributed by atoms with Crippen molar-refractivity contribution in [3.8, 4) is 28.6 Å². The summed E-state index contributed by atoms with van der Waals surface area (Å²) in [5.74, 6) is 1.53. The first-order chi connectivity index (χ1) is 16.5. The van der Waals surface area contributed by atoms with Crippen LogP contribution < -0.4 is 15.2 Å². The summed E-state index contributed by atoms with van der Waals surface area (Å²) in [6.07, 6.45) is 4.81. The number of H-pyrrole nitrogens is 1. The van der Waals surface area contributed by atoms with Crippen LogP contribution in [0.15, 0.2) is 76.1 Å². The zero-order valence-corrected chi connectivity index (χ0v) is 19.5. The van der Waals surface area contributed by atoms with Gasteiger partial charge in [0.2, 0.25) is 0 Å². The molecule has 34 heavy (non-hydrogen) atoms. The number of imidazole rings is 1. The van der Waals surface area contributed by atoms with Crippen molar-refractivity contribution in [3.05, 3.63) is 93.7 Å². The minimum Gasteiger partial charge on any atom is -0.490 e. The van der Waals surface area contributed by atoms with Crippen molar-refractivity contribution in [1.29, 1.82) is 0 Å². The van der Waals surface area contributed by atoms with E-state index in [1.54, 1.807) is 48.7 Å². The van der Waals surface area contributed by atoms with Crippen molar-refractivity contribution < 1.29 is 18.7 Å². The molecular formula is C26H23ClN2O5. The summed E-state index contributed by atoms with van der Waals surface area (Å²) in [6, 6.07) is 15.6. The molecule has 0 spiro atoms. The maximum Gasteiger partial charge on any atom is 0.330 e. The molecule has 0 aliphatic rings. The zero-order valence-electron chi connectivity index (χ0n) is 18.7. The van der Waals surface area contributed by atoms with Gasteiger partial charge in [0, 0.05) is 11.8 Å². The molecule has 7 nitrogen and oxygen atoms in total. The first-order valence-electron chi connectivity index (χ1n) is 10.8. The number of aromatic amines is 1. The van der Waals surface area contributed by atoms with Gasteiger partial charge in [-0.2, -0.15) is 0 Å². The average molecular weight is 479 g/mol. The Morgan fingerprint density at radius 1 is 1.06 bits per heavy atom. The van der Waals surface area contributed by atoms with E-state index in [2.05, 4.69) is 4.98 Å². The Bertz CT molecular complexity index is 1400. The largest absolute Gasteiger partial charge is 0.490 e. The molecule has 0 aliphatic carbocycles. The molecule has 0 radical (unpaired) electrons. The number of ether oxygens (including phenoxy) is 2. The van der Waals surface area contributed by atoms with Crippen LogP contribution in [-0.2, 0) is 0 Å². The minimum absolute atomic E-state index is 0.199. The second-order valence-electron chi connectivity index (χ2n) is 7.27. The van der Waals surface area contributed by atoms with Crippen LogP contribution in [0.5, 0.6) is 11.5 Å². The number of ketones is 1. The highest BCUT2D eigenvalue weighted by atomic mass is 35.5. The Kier molecular flexibility index (Phi) is 7.04. The van der Waals surface area contributed by atoms with Crippen LogP contribution in [0, 0.1) is 0 Å². The maximum absolute atomic E-state index is 12.8. The van der Waals surface area contributed by atoms with Crippen LogP contribution in [-0.4, -0.2) is 28.5 Å². The standard InChI is InChI=1S/C26H23ClN2O5/c1-3-32-23-11-9-17(14-24(23)33-4-2)8-10-21(30)18-6-5-7-19(15-18)29-16-20(28-26(29)31)22-12-13-25(27)34-22/h5-16H,3-4H2,1-2H3,(H,28,31). The van der Waals surface area contributed by atoms with E-state index in [-0.39, 0.29) is 16.7 Å². The molecule has 0 aliphatic heterocycles. The summed E-state index contributed by atoms with van der Waals surface area (Å²) in [6.45, 7) is 4.85. The molecular weight excluding hydrogens is 456 g/mol. The number of nitrogens with zero attached hydrogens (tertiary/aromatic N) is 1. The molecule has 2 heterocycles. The van der Waals surface area contributed by atoms with Crippen LogP contribution in [0.4, 0.5) is 0 Å². The zero-order chi connectivity index (χ0) is 24.1. The van der Waals surface area contributed by atoms with Crippen molar-refractivity contribution in [1.82, 2.24) is 9.55 Å². The molecule has 4 rings (SSSR count).